The van der Waals surface area contributed by atoms with Gasteiger partial charge in [-0.15, -0.1) is 0 Å². The predicted octanol–water partition coefficient (Wildman–Crippen LogP) is 5.30. The van der Waals surface area contributed by atoms with Crippen molar-refractivity contribution in [2.45, 2.75) is 129 Å². The highest BCUT2D eigenvalue weighted by atomic mass is 16.5. The van der Waals surface area contributed by atoms with Crippen LogP contribution in [0.2, 0.25) is 0 Å². The Morgan fingerprint density at radius 2 is 1.14 bits per heavy atom. The second-order valence-electron chi connectivity index (χ2n) is 8.16. The van der Waals surface area contributed by atoms with Gasteiger partial charge in [0.25, 0.3) is 0 Å². The van der Waals surface area contributed by atoms with Crippen LogP contribution < -0.4 is 5.43 Å². The van der Waals surface area contributed by atoms with E-state index in [1.165, 1.54) is 83.5 Å². The molecule has 0 spiro atoms. The van der Waals surface area contributed by atoms with Gasteiger partial charge in [-0.3, -0.25) is 10.2 Å². The molecular formula is C23H48N2O3. The van der Waals surface area contributed by atoms with Crippen molar-refractivity contribution in [3.8, 4) is 0 Å². The second kappa shape index (κ2) is 21.1. The maximum atomic E-state index is 11.9. The van der Waals surface area contributed by atoms with Crippen LogP contribution in [-0.2, 0) is 4.79 Å². The number of nitrogens with one attached hydrogen (secondary N) is 1. The molecule has 0 aromatic carbocycles. The molecule has 1 amide bonds. The number of amides is 1. The standard InChI is InChI=1S/C23H48N2O3/c1-3-5-6-7-8-9-10-11-12-13-14-15-16-17-18-19-22(26)24-25(20-4-2)21-23(27)28/h23,27-28H,3-21H2,1-2H3,(H,24,26). The first kappa shape index (κ1) is 27.4. The van der Waals surface area contributed by atoms with Crippen LogP contribution in [0.4, 0.5) is 0 Å². The summed E-state index contributed by atoms with van der Waals surface area (Å²) in [4.78, 5) is 11.9. The molecule has 0 aliphatic rings. The number of rotatable bonds is 21. The fourth-order valence-corrected chi connectivity index (χ4v) is 3.55. The van der Waals surface area contributed by atoms with Gasteiger partial charge in [-0.1, -0.05) is 104 Å². The van der Waals surface area contributed by atoms with Crippen LogP contribution in [0.3, 0.4) is 0 Å². The summed E-state index contributed by atoms with van der Waals surface area (Å²) in [5.41, 5.74) is 2.77. The molecule has 0 saturated heterocycles. The molecule has 0 atom stereocenters. The van der Waals surface area contributed by atoms with E-state index in [-0.39, 0.29) is 12.5 Å². The highest BCUT2D eigenvalue weighted by molar-refractivity contribution is 5.75. The summed E-state index contributed by atoms with van der Waals surface area (Å²) in [6.45, 7) is 4.95. The number of carbonyl (C=O) groups is 1. The third-order valence-corrected chi connectivity index (χ3v) is 5.17. The number of aliphatic hydroxyl groups excluding tert-OH is 1. The SMILES string of the molecule is CCCCCCCCCCCCCCCCCC(=O)NN(CCC)CC(O)O. The van der Waals surface area contributed by atoms with Crippen LogP contribution in [0.1, 0.15) is 123 Å². The van der Waals surface area contributed by atoms with Crippen molar-refractivity contribution in [3.63, 3.8) is 0 Å². The van der Waals surface area contributed by atoms with Gasteiger partial charge in [-0.25, -0.2) is 5.01 Å². The van der Waals surface area contributed by atoms with Crippen LogP contribution in [0, 0.1) is 0 Å². The van der Waals surface area contributed by atoms with Crippen molar-refractivity contribution in [1.82, 2.24) is 10.4 Å². The summed E-state index contributed by atoms with van der Waals surface area (Å²) >= 11 is 0. The summed E-state index contributed by atoms with van der Waals surface area (Å²) in [6, 6.07) is 0. The Balaban J connectivity index is 3.37. The van der Waals surface area contributed by atoms with Crippen LogP contribution in [0.25, 0.3) is 0 Å². The molecule has 0 radical (unpaired) electrons. The Bertz CT molecular complexity index is 338. The van der Waals surface area contributed by atoms with E-state index in [2.05, 4.69) is 12.3 Å². The van der Waals surface area contributed by atoms with Gasteiger partial charge in [0.05, 0.1) is 6.54 Å². The molecule has 0 aliphatic carbocycles. The van der Waals surface area contributed by atoms with Gasteiger partial charge in [0.1, 0.15) is 0 Å². The molecule has 0 fully saturated rings. The summed E-state index contributed by atoms with van der Waals surface area (Å²) in [5, 5.41) is 19.7. The fourth-order valence-electron chi connectivity index (χ4n) is 3.55. The molecule has 0 unspecified atom stereocenters. The Labute approximate surface area is 174 Å². The Kier molecular flexibility index (Phi) is 20.6. The number of aliphatic hydroxyl groups is 2. The van der Waals surface area contributed by atoms with Gasteiger partial charge in [-0.05, 0) is 12.8 Å². The Morgan fingerprint density at radius 1 is 0.714 bits per heavy atom. The summed E-state index contributed by atoms with van der Waals surface area (Å²) in [7, 11) is 0. The zero-order chi connectivity index (χ0) is 20.9. The molecule has 5 heteroatoms. The van der Waals surface area contributed by atoms with E-state index in [4.69, 9.17) is 10.2 Å². The smallest absolute Gasteiger partial charge is 0.234 e. The lowest BCUT2D eigenvalue weighted by atomic mass is 10.0. The van der Waals surface area contributed by atoms with Crippen molar-refractivity contribution in [1.29, 1.82) is 0 Å². The fraction of sp³-hybridized carbons (Fsp3) is 0.957. The molecule has 168 valence electrons. The number of nitrogens with zero attached hydrogens (tertiary/aromatic N) is 1. The Morgan fingerprint density at radius 3 is 1.54 bits per heavy atom. The third kappa shape index (κ3) is 20.1. The molecule has 28 heavy (non-hydrogen) atoms. The van der Waals surface area contributed by atoms with Crippen LogP contribution >= 0.6 is 0 Å². The van der Waals surface area contributed by atoms with Gasteiger partial charge in [-0.2, -0.15) is 0 Å². The number of unbranched alkanes of at least 4 members (excludes halogenated alkanes) is 14. The van der Waals surface area contributed by atoms with Gasteiger partial charge < -0.3 is 10.2 Å². The van der Waals surface area contributed by atoms with Gasteiger partial charge in [0.2, 0.25) is 5.91 Å². The molecular weight excluding hydrogens is 352 g/mol. The van der Waals surface area contributed by atoms with Crippen LogP contribution in [-0.4, -0.2) is 40.5 Å². The quantitative estimate of drug-likeness (QED) is 0.139. The lowest BCUT2D eigenvalue weighted by molar-refractivity contribution is -0.129. The van der Waals surface area contributed by atoms with E-state index < -0.39 is 6.29 Å². The van der Waals surface area contributed by atoms with Crippen molar-refractivity contribution in [3.05, 3.63) is 0 Å². The number of carbonyl (C=O) groups excluding carboxylic acids is 1. The first-order valence-corrected chi connectivity index (χ1v) is 12.0. The minimum atomic E-state index is -1.42. The maximum absolute atomic E-state index is 11.9. The summed E-state index contributed by atoms with van der Waals surface area (Å²) < 4.78 is 0. The van der Waals surface area contributed by atoms with E-state index in [1.807, 2.05) is 6.92 Å². The van der Waals surface area contributed by atoms with E-state index >= 15 is 0 Å². The third-order valence-electron chi connectivity index (χ3n) is 5.17. The normalized spacial score (nSPS) is 11.5. The zero-order valence-corrected chi connectivity index (χ0v) is 18.8. The minimum Gasteiger partial charge on any atom is -0.367 e. The molecule has 0 rings (SSSR count). The molecule has 0 aliphatic heterocycles. The van der Waals surface area contributed by atoms with Gasteiger partial charge >= 0.3 is 0 Å². The minimum absolute atomic E-state index is 0.0243. The first-order chi connectivity index (χ1) is 13.6. The van der Waals surface area contributed by atoms with Crippen molar-refractivity contribution < 1.29 is 15.0 Å². The Hall–Kier alpha value is -0.650. The van der Waals surface area contributed by atoms with Gasteiger partial charge in [0, 0.05) is 13.0 Å². The summed E-state index contributed by atoms with van der Waals surface area (Å²) in [6.07, 6.45) is 19.7. The number of hydrogen-bond acceptors (Lipinski definition) is 4. The van der Waals surface area contributed by atoms with Crippen LogP contribution in [0.15, 0.2) is 0 Å². The molecule has 0 bridgehead atoms. The molecule has 0 saturated carbocycles. The van der Waals surface area contributed by atoms with E-state index in [1.54, 1.807) is 5.01 Å². The van der Waals surface area contributed by atoms with Gasteiger partial charge in [0.15, 0.2) is 6.29 Å². The molecule has 0 aromatic rings. The van der Waals surface area contributed by atoms with Crippen molar-refractivity contribution in [2.24, 2.45) is 0 Å². The largest absolute Gasteiger partial charge is 0.367 e. The topological polar surface area (TPSA) is 72.8 Å². The molecule has 0 heterocycles. The second-order valence-corrected chi connectivity index (χ2v) is 8.16. The van der Waals surface area contributed by atoms with E-state index in [0.29, 0.717) is 13.0 Å². The van der Waals surface area contributed by atoms with Crippen molar-refractivity contribution >= 4 is 5.91 Å². The average Bonchev–Trinajstić information content (AvgIpc) is 2.64. The van der Waals surface area contributed by atoms with Crippen LogP contribution in [0.5, 0.6) is 0 Å². The monoisotopic (exact) mass is 400 g/mol. The number of hydrogen-bond donors (Lipinski definition) is 3. The average molecular weight is 401 g/mol. The zero-order valence-electron chi connectivity index (χ0n) is 18.8. The highest BCUT2D eigenvalue weighted by Crippen LogP contribution is 2.13. The molecule has 0 aromatic heterocycles. The molecule has 3 N–H and O–H groups in total. The lowest BCUT2D eigenvalue weighted by Crippen LogP contribution is -2.46. The van der Waals surface area contributed by atoms with E-state index in [0.717, 1.165) is 19.3 Å². The molecule has 5 nitrogen and oxygen atoms in total. The lowest BCUT2D eigenvalue weighted by Gasteiger charge is -2.23. The predicted molar refractivity (Wildman–Crippen MR) is 118 cm³/mol. The summed E-state index contributed by atoms with van der Waals surface area (Å²) in [5.74, 6) is -0.0243. The van der Waals surface area contributed by atoms with E-state index in [9.17, 15) is 4.79 Å². The first-order valence-electron chi connectivity index (χ1n) is 12.0. The highest BCUT2D eigenvalue weighted by Gasteiger charge is 2.11. The number of hydrazine groups is 1. The van der Waals surface area contributed by atoms with Crippen molar-refractivity contribution in [2.75, 3.05) is 13.1 Å². The maximum Gasteiger partial charge on any atom is 0.234 e.